The number of aromatic nitrogens is 1. The Morgan fingerprint density at radius 2 is 0.981 bits per heavy atom. The van der Waals surface area contributed by atoms with Gasteiger partial charge >= 0.3 is 12.4 Å². The third-order valence-electron chi connectivity index (χ3n) is 7.67. The van der Waals surface area contributed by atoms with E-state index in [1.807, 2.05) is 36.4 Å². The monoisotopic (exact) mass is 717 g/mol. The maximum atomic E-state index is 13.7. The molecule has 0 N–H and O–H groups in total. The number of hydrogen-bond acceptors (Lipinski definition) is 7. The molecule has 15 heteroatoms. The van der Waals surface area contributed by atoms with Crippen LogP contribution < -0.4 is 9.47 Å². The van der Waals surface area contributed by atoms with Gasteiger partial charge in [0.05, 0.1) is 21.2 Å². The van der Waals surface area contributed by atoms with Crippen LogP contribution in [0.5, 0.6) is 23.0 Å². The number of nitrogens with zero attached hydrogens (tertiary/aromatic N) is 3. The van der Waals surface area contributed by atoms with Crippen molar-refractivity contribution in [3.63, 3.8) is 0 Å². The highest BCUT2D eigenvalue weighted by Gasteiger charge is 2.37. The molecule has 0 amide bonds. The van der Waals surface area contributed by atoms with E-state index >= 15 is 0 Å². The highest BCUT2D eigenvalue weighted by molar-refractivity contribution is 5.83. The van der Waals surface area contributed by atoms with E-state index in [1.165, 1.54) is 24.3 Å². The van der Waals surface area contributed by atoms with Crippen LogP contribution in [0, 0.1) is 20.2 Å². The molecular weight excluding hydrogens is 696 g/mol. The highest BCUT2D eigenvalue weighted by atomic mass is 19.4. The zero-order chi connectivity index (χ0) is 37.2. The van der Waals surface area contributed by atoms with E-state index in [4.69, 9.17) is 14.5 Å². The summed E-state index contributed by atoms with van der Waals surface area (Å²) in [6.45, 7) is 0. The average molecular weight is 718 g/mol. The third kappa shape index (κ3) is 7.67. The van der Waals surface area contributed by atoms with Crippen LogP contribution in [-0.2, 0) is 12.4 Å². The Hall–Kier alpha value is -6.77. The largest absolute Gasteiger partial charge is 0.457 e. The zero-order valence-electron chi connectivity index (χ0n) is 26.2. The molecule has 0 unspecified atom stereocenters. The number of alkyl halides is 6. The van der Waals surface area contributed by atoms with Gasteiger partial charge in [0.25, 0.3) is 11.4 Å². The first-order valence-electron chi connectivity index (χ1n) is 15.0. The number of benzene rings is 5. The Morgan fingerprint density at radius 3 is 1.42 bits per heavy atom. The van der Waals surface area contributed by atoms with Gasteiger partial charge in [0.15, 0.2) is 0 Å². The van der Waals surface area contributed by atoms with Gasteiger partial charge in [0.2, 0.25) is 0 Å². The van der Waals surface area contributed by atoms with Gasteiger partial charge in [-0.2, -0.15) is 26.3 Å². The van der Waals surface area contributed by atoms with Crippen molar-refractivity contribution in [3.05, 3.63) is 159 Å². The van der Waals surface area contributed by atoms with Crippen LogP contribution in [0.25, 0.3) is 33.6 Å². The molecule has 5 aromatic carbocycles. The molecule has 0 saturated carbocycles. The van der Waals surface area contributed by atoms with Crippen LogP contribution in [-0.4, -0.2) is 14.8 Å². The molecule has 0 saturated heterocycles. The summed E-state index contributed by atoms with van der Waals surface area (Å²) in [5.41, 5.74) is -0.493. The molecule has 0 aliphatic rings. The standard InChI is InChI=1S/C37H21F6N3O6/c38-36(39,40)30-20-25(45(47)48)10-18-33(30)51-27-12-6-23(7-13-27)32-17-16-29(22-4-2-1-3-5-22)35(44-32)24-8-14-28(15-9-24)52-34-19-11-26(46(49)50)21-31(34)37(41,42)43/h1-21H. The minimum absolute atomic E-state index is 0.0257. The summed E-state index contributed by atoms with van der Waals surface area (Å²) >= 11 is 0. The van der Waals surface area contributed by atoms with Crippen LogP contribution in [0.15, 0.2) is 127 Å². The molecule has 6 rings (SSSR count). The Kier molecular flexibility index (Phi) is 9.35. The maximum Gasteiger partial charge on any atom is 0.420 e. The molecule has 0 aliphatic carbocycles. The van der Waals surface area contributed by atoms with Crippen molar-refractivity contribution >= 4 is 11.4 Å². The van der Waals surface area contributed by atoms with E-state index < -0.39 is 56.2 Å². The number of ether oxygens (including phenoxy) is 2. The molecule has 0 fully saturated rings. The van der Waals surface area contributed by atoms with Crippen molar-refractivity contribution in [1.82, 2.24) is 4.98 Å². The number of non-ortho nitro benzene ring substituents is 2. The lowest BCUT2D eigenvalue weighted by atomic mass is 9.98. The fourth-order valence-corrected chi connectivity index (χ4v) is 5.20. The highest BCUT2D eigenvalue weighted by Crippen LogP contribution is 2.42. The molecule has 52 heavy (non-hydrogen) atoms. The van der Waals surface area contributed by atoms with Gasteiger partial charge < -0.3 is 9.47 Å². The molecule has 0 aliphatic heterocycles. The Morgan fingerprint density at radius 1 is 0.519 bits per heavy atom. The maximum absolute atomic E-state index is 13.7. The Bertz CT molecular complexity index is 2280. The quantitative estimate of drug-likeness (QED) is 0.0830. The van der Waals surface area contributed by atoms with E-state index in [2.05, 4.69) is 0 Å². The second-order valence-corrected chi connectivity index (χ2v) is 11.1. The molecule has 1 aromatic heterocycles. The van der Waals surface area contributed by atoms with Gasteiger partial charge in [-0.25, -0.2) is 4.98 Å². The summed E-state index contributed by atoms with van der Waals surface area (Å²) in [4.78, 5) is 25.1. The number of halogens is 6. The normalized spacial score (nSPS) is 11.6. The van der Waals surface area contributed by atoms with E-state index in [1.54, 1.807) is 30.3 Å². The molecular formula is C37H21F6N3O6. The smallest absolute Gasteiger partial charge is 0.420 e. The van der Waals surface area contributed by atoms with Gasteiger partial charge in [0.1, 0.15) is 34.1 Å². The van der Waals surface area contributed by atoms with E-state index in [-0.39, 0.29) is 11.5 Å². The van der Waals surface area contributed by atoms with Crippen molar-refractivity contribution in [1.29, 1.82) is 0 Å². The lowest BCUT2D eigenvalue weighted by molar-refractivity contribution is -0.385. The van der Waals surface area contributed by atoms with Crippen LogP contribution in [0.4, 0.5) is 37.7 Å². The fourth-order valence-electron chi connectivity index (χ4n) is 5.20. The molecule has 0 radical (unpaired) electrons. The van der Waals surface area contributed by atoms with Crippen molar-refractivity contribution in [3.8, 4) is 56.6 Å². The van der Waals surface area contributed by atoms with E-state index in [0.717, 1.165) is 29.8 Å². The van der Waals surface area contributed by atoms with Gasteiger partial charge in [-0.1, -0.05) is 36.4 Å². The molecule has 0 bridgehead atoms. The number of rotatable bonds is 9. The van der Waals surface area contributed by atoms with Crippen LogP contribution >= 0.6 is 0 Å². The fraction of sp³-hybridized carbons (Fsp3) is 0.0541. The molecule has 6 aromatic rings. The topological polar surface area (TPSA) is 118 Å². The number of nitro groups is 2. The van der Waals surface area contributed by atoms with Crippen LogP contribution in [0.3, 0.4) is 0 Å². The second-order valence-electron chi connectivity index (χ2n) is 11.1. The van der Waals surface area contributed by atoms with E-state index in [9.17, 15) is 46.6 Å². The SMILES string of the molecule is O=[N+]([O-])c1ccc(Oc2ccc(-c3ccc(-c4ccccc4)c(-c4ccc(Oc5ccc([N+](=O)[O-])cc5C(F)(F)F)cc4)n3)cc2)c(C(F)(F)F)c1. The molecule has 262 valence electrons. The minimum atomic E-state index is -4.92. The summed E-state index contributed by atoms with van der Waals surface area (Å²) in [5.74, 6) is -1.18. The lowest BCUT2D eigenvalue weighted by Gasteiger charge is -2.15. The summed E-state index contributed by atoms with van der Waals surface area (Å²) < 4.78 is 93.0. The van der Waals surface area contributed by atoms with Gasteiger partial charge in [-0.15, -0.1) is 0 Å². The average Bonchev–Trinajstić information content (AvgIpc) is 3.11. The predicted octanol–water partition coefficient (Wildman–Crippen LogP) is 11.5. The molecule has 9 nitrogen and oxygen atoms in total. The van der Waals surface area contributed by atoms with Crippen molar-refractivity contribution < 1.29 is 45.7 Å². The first-order valence-corrected chi connectivity index (χ1v) is 15.0. The van der Waals surface area contributed by atoms with Crippen LogP contribution in [0.1, 0.15) is 11.1 Å². The van der Waals surface area contributed by atoms with Gasteiger partial charge in [-0.3, -0.25) is 20.2 Å². The number of nitro benzene ring substituents is 2. The number of pyridine rings is 1. The molecule has 0 atom stereocenters. The van der Waals surface area contributed by atoms with Crippen molar-refractivity contribution in [2.24, 2.45) is 0 Å². The first-order chi connectivity index (χ1) is 24.7. The lowest BCUT2D eigenvalue weighted by Crippen LogP contribution is -2.08. The van der Waals surface area contributed by atoms with Crippen molar-refractivity contribution in [2.75, 3.05) is 0 Å². The Balaban J connectivity index is 1.31. The summed E-state index contributed by atoms with van der Waals surface area (Å²) in [7, 11) is 0. The Labute approximate surface area is 289 Å². The van der Waals surface area contributed by atoms with Gasteiger partial charge in [-0.05, 0) is 72.3 Å². The van der Waals surface area contributed by atoms with Gasteiger partial charge in [0, 0.05) is 41.0 Å². The number of hydrogen-bond donors (Lipinski definition) is 0. The minimum Gasteiger partial charge on any atom is -0.457 e. The van der Waals surface area contributed by atoms with Crippen LogP contribution in [0.2, 0.25) is 0 Å². The zero-order valence-corrected chi connectivity index (χ0v) is 26.2. The predicted molar refractivity (Wildman–Crippen MR) is 177 cm³/mol. The third-order valence-corrected chi connectivity index (χ3v) is 7.67. The summed E-state index contributed by atoms with van der Waals surface area (Å²) in [5, 5.41) is 22.1. The van der Waals surface area contributed by atoms with Crippen molar-refractivity contribution in [2.45, 2.75) is 12.4 Å². The first kappa shape index (κ1) is 35.1. The molecule has 0 spiro atoms. The summed E-state index contributed by atoms with van der Waals surface area (Å²) in [6, 6.07) is 29.2. The second kappa shape index (κ2) is 13.9. The van der Waals surface area contributed by atoms with E-state index in [0.29, 0.717) is 40.2 Å². The summed E-state index contributed by atoms with van der Waals surface area (Å²) in [6.07, 6.45) is -9.83. The molecule has 1 heterocycles.